The highest BCUT2D eigenvalue weighted by molar-refractivity contribution is 5.58. The number of aliphatic hydroxyl groups excluding tert-OH is 1. The number of anilines is 1. The summed E-state index contributed by atoms with van der Waals surface area (Å²) in [7, 11) is 2.01. The summed E-state index contributed by atoms with van der Waals surface area (Å²) < 4.78 is 0. The summed E-state index contributed by atoms with van der Waals surface area (Å²) in [5.41, 5.74) is 2.52. The fraction of sp³-hybridized carbons (Fsp3) is 0.562. The van der Waals surface area contributed by atoms with Crippen molar-refractivity contribution in [2.75, 3.05) is 11.9 Å². The summed E-state index contributed by atoms with van der Waals surface area (Å²) in [4.78, 5) is 2.14. The first-order valence-electron chi connectivity index (χ1n) is 6.63. The number of hydrogen-bond acceptors (Lipinski definition) is 3. The molecular formula is C16H24N2O. The van der Waals surface area contributed by atoms with E-state index in [2.05, 4.69) is 38.7 Å². The molecule has 3 nitrogen and oxygen atoms in total. The highest BCUT2D eigenvalue weighted by atomic mass is 16.3. The minimum Gasteiger partial charge on any atom is -0.389 e. The molecule has 1 N–H and O–H groups in total. The third-order valence-electron chi connectivity index (χ3n) is 3.82. The average Bonchev–Trinajstić information content (AvgIpc) is 2.34. The molecule has 0 bridgehead atoms. The van der Waals surface area contributed by atoms with Crippen molar-refractivity contribution in [3.05, 3.63) is 29.3 Å². The zero-order valence-electron chi connectivity index (χ0n) is 12.7. The van der Waals surface area contributed by atoms with Gasteiger partial charge in [-0.1, -0.05) is 26.8 Å². The van der Waals surface area contributed by atoms with Crippen LogP contribution in [0, 0.1) is 16.7 Å². The van der Waals surface area contributed by atoms with E-state index in [4.69, 9.17) is 5.26 Å². The molecule has 0 saturated heterocycles. The number of aliphatic hydroxyl groups is 1. The van der Waals surface area contributed by atoms with Gasteiger partial charge in [-0.2, -0.15) is 5.26 Å². The van der Waals surface area contributed by atoms with E-state index in [1.54, 1.807) is 13.0 Å². The largest absolute Gasteiger partial charge is 0.389 e. The highest BCUT2D eigenvalue weighted by Gasteiger charge is 2.26. The van der Waals surface area contributed by atoms with Crippen molar-refractivity contribution in [2.45, 2.75) is 46.8 Å². The lowest BCUT2D eigenvalue weighted by Gasteiger charge is -2.38. The minimum atomic E-state index is -0.544. The van der Waals surface area contributed by atoms with Gasteiger partial charge in [-0.15, -0.1) is 0 Å². The van der Waals surface area contributed by atoms with Crippen LogP contribution in [0.3, 0.4) is 0 Å². The second-order valence-corrected chi connectivity index (χ2v) is 6.21. The quantitative estimate of drug-likeness (QED) is 0.905. The standard InChI is InChI=1S/C16H24N2O/c1-11(19)14-8-7-13(10-17)9-15(14)18(6)12(2)16(3,4)5/h7-9,11-12,19H,1-6H3/t11-,12?/m1/s1. The number of nitrogens with zero attached hydrogens (tertiary/aromatic N) is 2. The number of hydrogen-bond donors (Lipinski definition) is 1. The molecule has 1 rings (SSSR count). The Morgan fingerprint density at radius 1 is 1.26 bits per heavy atom. The molecule has 0 amide bonds. The number of nitriles is 1. The van der Waals surface area contributed by atoms with Gasteiger partial charge >= 0.3 is 0 Å². The maximum Gasteiger partial charge on any atom is 0.0992 e. The van der Waals surface area contributed by atoms with E-state index in [1.807, 2.05) is 19.2 Å². The molecule has 2 atom stereocenters. The second-order valence-electron chi connectivity index (χ2n) is 6.21. The molecule has 1 unspecified atom stereocenters. The predicted molar refractivity (Wildman–Crippen MR) is 79.1 cm³/mol. The first-order valence-corrected chi connectivity index (χ1v) is 6.63. The van der Waals surface area contributed by atoms with Gasteiger partial charge in [0.2, 0.25) is 0 Å². The lowest BCUT2D eigenvalue weighted by Crippen LogP contribution is -2.40. The monoisotopic (exact) mass is 260 g/mol. The van der Waals surface area contributed by atoms with Gasteiger partial charge in [0.05, 0.1) is 17.7 Å². The van der Waals surface area contributed by atoms with E-state index in [-0.39, 0.29) is 5.41 Å². The highest BCUT2D eigenvalue weighted by Crippen LogP contribution is 2.32. The molecule has 0 spiro atoms. The van der Waals surface area contributed by atoms with Gasteiger partial charge in [0, 0.05) is 24.3 Å². The van der Waals surface area contributed by atoms with Crippen LogP contribution in [-0.2, 0) is 0 Å². The minimum absolute atomic E-state index is 0.118. The molecule has 1 aromatic rings. The van der Waals surface area contributed by atoms with Crippen LogP contribution in [0.2, 0.25) is 0 Å². The summed E-state index contributed by atoms with van der Waals surface area (Å²) in [6.45, 7) is 10.5. The Bertz CT molecular complexity index is 481. The third kappa shape index (κ3) is 3.48. The van der Waals surface area contributed by atoms with Gasteiger partial charge in [-0.3, -0.25) is 0 Å². The summed E-state index contributed by atoms with van der Waals surface area (Å²) in [5, 5.41) is 18.9. The molecular weight excluding hydrogens is 236 g/mol. The number of benzene rings is 1. The Labute approximate surface area is 116 Å². The van der Waals surface area contributed by atoms with Crippen molar-refractivity contribution in [3.8, 4) is 6.07 Å². The zero-order valence-corrected chi connectivity index (χ0v) is 12.7. The third-order valence-corrected chi connectivity index (χ3v) is 3.82. The normalized spacial score (nSPS) is 14.6. The molecule has 0 fully saturated rings. The smallest absolute Gasteiger partial charge is 0.0992 e. The van der Waals surface area contributed by atoms with Crippen molar-refractivity contribution in [1.82, 2.24) is 0 Å². The Kier molecular flexibility index (Phi) is 4.60. The molecule has 0 aliphatic carbocycles. The van der Waals surface area contributed by atoms with E-state index >= 15 is 0 Å². The van der Waals surface area contributed by atoms with Crippen molar-refractivity contribution >= 4 is 5.69 Å². The number of rotatable bonds is 3. The van der Waals surface area contributed by atoms with Crippen LogP contribution >= 0.6 is 0 Å². The van der Waals surface area contributed by atoms with Crippen LogP contribution in [0.25, 0.3) is 0 Å². The van der Waals surface area contributed by atoms with Gasteiger partial charge in [0.15, 0.2) is 0 Å². The van der Waals surface area contributed by atoms with E-state index in [0.29, 0.717) is 11.6 Å². The maximum absolute atomic E-state index is 9.89. The first kappa shape index (κ1) is 15.5. The van der Waals surface area contributed by atoms with Crippen LogP contribution in [-0.4, -0.2) is 18.2 Å². The van der Waals surface area contributed by atoms with Crippen molar-refractivity contribution in [1.29, 1.82) is 5.26 Å². The molecule has 3 heteroatoms. The van der Waals surface area contributed by atoms with Crippen LogP contribution in [0.15, 0.2) is 18.2 Å². The van der Waals surface area contributed by atoms with Crippen LogP contribution < -0.4 is 4.90 Å². The zero-order chi connectivity index (χ0) is 14.8. The van der Waals surface area contributed by atoms with E-state index in [1.165, 1.54) is 0 Å². The van der Waals surface area contributed by atoms with Gasteiger partial charge in [-0.25, -0.2) is 0 Å². The molecule has 0 radical (unpaired) electrons. The molecule has 19 heavy (non-hydrogen) atoms. The molecule has 1 aromatic carbocycles. The lowest BCUT2D eigenvalue weighted by molar-refractivity contribution is 0.199. The van der Waals surface area contributed by atoms with Crippen LogP contribution in [0.5, 0.6) is 0 Å². The fourth-order valence-electron chi connectivity index (χ4n) is 2.06. The molecule has 0 aliphatic rings. The van der Waals surface area contributed by atoms with Gasteiger partial charge in [-0.05, 0) is 31.4 Å². The lowest BCUT2D eigenvalue weighted by atomic mass is 9.86. The van der Waals surface area contributed by atoms with Crippen molar-refractivity contribution in [3.63, 3.8) is 0 Å². The summed E-state index contributed by atoms with van der Waals surface area (Å²) >= 11 is 0. The maximum atomic E-state index is 9.89. The Hall–Kier alpha value is -1.53. The molecule has 0 aromatic heterocycles. The summed E-state index contributed by atoms with van der Waals surface area (Å²) in [5.74, 6) is 0. The van der Waals surface area contributed by atoms with Crippen molar-refractivity contribution < 1.29 is 5.11 Å². The van der Waals surface area contributed by atoms with E-state index < -0.39 is 6.10 Å². The molecule has 0 aliphatic heterocycles. The van der Waals surface area contributed by atoms with Gasteiger partial charge in [0.25, 0.3) is 0 Å². The van der Waals surface area contributed by atoms with E-state index in [0.717, 1.165) is 11.3 Å². The molecule has 0 saturated carbocycles. The predicted octanol–water partition coefficient (Wildman–Crippen LogP) is 3.48. The average molecular weight is 260 g/mol. The summed E-state index contributed by atoms with van der Waals surface area (Å²) in [6.07, 6.45) is -0.544. The Morgan fingerprint density at radius 3 is 2.26 bits per heavy atom. The fourth-order valence-corrected chi connectivity index (χ4v) is 2.06. The Balaban J connectivity index is 3.27. The van der Waals surface area contributed by atoms with Crippen LogP contribution in [0.4, 0.5) is 5.69 Å². The Morgan fingerprint density at radius 2 is 1.84 bits per heavy atom. The second kappa shape index (κ2) is 5.63. The van der Waals surface area contributed by atoms with Crippen LogP contribution in [0.1, 0.15) is 51.8 Å². The summed E-state index contributed by atoms with van der Waals surface area (Å²) in [6, 6.07) is 7.89. The topological polar surface area (TPSA) is 47.3 Å². The molecule has 0 heterocycles. The van der Waals surface area contributed by atoms with Gasteiger partial charge < -0.3 is 10.0 Å². The van der Waals surface area contributed by atoms with E-state index in [9.17, 15) is 5.11 Å². The SMILES string of the molecule is CC(N(C)c1cc(C#N)ccc1[C@@H](C)O)C(C)(C)C. The first-order chi connectivity index (χ1) is 8.68. The van der Waals surface area contributed by atoms with Crippen molar-refractivity contribution in [2.24, 2.45) is 5.41 Å². The molecule has 104 valence electrons. The van der Waals surface area contributed by atoms with Gasteiger partial charge in [0.1, 0.15) is 0 Å².